The fourth-order valence-corrected chi connectivity index (χ4v) is 2.75. The molecule has 0 saturated carbocycles. The number of carbonyl (C=O) groups is 1. The van der Waals surface area contributed by atoms with Crippen LogP contribution in [-0.2, 0) is 11.0 Å². The molecule has 1 amide bonds. The molecule has 0 saturated heterocycles. The van der Waals surface area contributed by atoms with Gasteiger partial charge in [-0.05, 0) is 45.0 Å². The number of alkyl halides is 3. The van der Waals surface area contributed by atoms with Crippen LogP contribution in [0.2, 0.25) is 0 Å². The lowest BCUT2D eigenvalue weighted by molar-refractivity contribution is -0.141. The molecule has 0 fully saturated rings. The number of nitrogens with zero attached hydrogens (tertiary/aromatic N) is 4. The van der Waals surface area contributed by atoms with E-state index in [4.69, 9.17) is 0 Å². The molecule has 0 aliphatic rings. The molecule has 2 aromatic heterocycles. The van der Waals surface area contributed by atoms with Gasteiger partial charge in [0.15, 0.2) is 5.69 Å². The summed E-state index contributed by atoms with van der Waals surface area (Å²) >= 11 is 0. The average molecular weight is 395 g/mol. The molecule has 10 heteroatoms. The molecule has 3 aromatic rings. The van der Waals surface area contributed by atoms with E-state index in [-0.39, 0.29) is 11.6 Å². The molecule has 0 radical (unpaired) electrons. The molecule has 3 rings (SSSR count). The van der Waals surface area contributed by atoms with Gasteiger partial charge in [0.05, 0.1) is 23.3 Å². The minimum absolute atomic E-state index is 0.0775. The van der Waals surface area contributed by atoms with E-state index in [1.54, 1.807) is 6.92 Å². The third-order valence-corrected chi connectivity index (χ3v) is 4.34. The Morgan fingerprint density at radius 1 is 1.18 bits per heavy atom. The van der Waals surface area contributed by atoms with Crippen molar-refractivity contribution in [1.82, 2.24) is 19.3 Å². The highest BCUT2D eigenvalue weighted by molar-refractivity contribution is 5.94. The van der Waals surface area contributed by atoms with E-state index in [1.165, 1.54) is 49.0 Å². The fraction of sp³-hybridized carbons (Fsp3) is 0.278. The molecular weight excluding hydrogens is 378 g/mol. The zero-order chi connectivity index (χ0) is 20.6. The van der Waals surface area contributed by atoms with E-state index in [0.29, 0.717) is 17.1 Å². The standard InChI is InChI=1S/C18H17F4N5O/c1-10-15(8-23-27(10)14-6-4-13(19)5-7-14)25-17(28)11(2)26-9-16(18(20,21)22)24-12(26)3/h4-9,11H,1-3H3,(H,25,28). The lowest BCUT2D eigenvalue weighted by Crippen LogP contribution is -2.24. The summed E-state index contributed by atoms with van der Waals surface area (Å²) in [5.41, 5.74) is 0.540. The first-order valence-corrected chi connectivity index (χ1v) is 8.32. The maximum absolute atomic E-state index is 13.1. The number of aromatic nitrogens is 4. The minimum atomic E-state index is -4.58. The van der Waals surface area contributed by atoms with Gasteiger partial charge >= 0.3 is 6.18 Å². The topological polar surface area (TPSA) is 64.7 Å². The predicted molar refractivity (Wildman–Crippen MR) is 93.6 cm³/mol. The molecule has 148 valence electrons. The van der Waals surface area contributed by atoms with Crippen LogP contribution in [0.5, 0.6) is 0 Å². The molecule has 1 aromatic carbocycles. The van der Waals surface area contributed by atoms with Gasteiger partial charge in [-0.15, -0.1) is 0 Å². The zero-order valence-corrected chi connectivity index (χ0v) is 15.3. The largest absolute Gasteiger partial charge is 0.434 e. The van der Waals surface area contributed by atoms with E-state index in [9.17, 15) is 22.4 Å². The number of anilines is 1. The summed E-state index contributed by atoms with van der Waals surface area (Å²) in [6, 6.07) is 4.74. The lowest BCUT2D eigenvalue weighted by atomic mass is 10.2. The number of aryl methyl sites for hydroxylation is 1. The number of amides is 1. The second-order valence-electron chi connectivity index (χ2n) is 6.28. The van der Waals surface area contributed by atoms with Crippen LogP contribution in [0, 0.1) is 19.7 Å². The van der Waals surface area contributed by atoms with Crippen molar-refractivity contribution in [2.75, 3.05) is 5.32 Å². The van der Waals surface area contributed by atoms with Crippen molar-refractivity contribution in [2.45, 2.75) is 33.0 Å². The summed E-state index contributed by atoms with van der Waals surface area (Å²) in [5, 5.41) is 6.83. The highest BCUT2D eigenvalue weighted by Gasteiger charge is 2.35. The Balaban J connectivity index is 1.80. The third kappa shape index (κ3) is 3.75. The Hall–Kier alpha value is -3.17. The van der Waals surface area contributed by atoms with E-state index in [2.05, 4.69) is 15.4 Å². The first-order valence-electron chi connectivity index (χ1n) is 8.32. The summed E-state index contributed by atoms with van der Waals surface area (Å²) < 4.78 is 54.2. The third-order valence-electron chi connectivity index (χ3n) is 4.34. The Morgan fingerprint density at radius 2 is 1.82 bits per heavy atom. The van der Waals surface area contributed by atoms with E-state index in [0.717, 1.165) is 10.8 Å². The molecule has 0 aliphatic heterocycles. The maximum atomic E-state index is 13.1. The number of halogens is 4. The second-order valence-corrected chi connectivity index (χ2v) is 6.28. The van der Waals surface area contributed by atoms with Crippen molar-refractivity contribution in [3.05, 3.63) is 59.7 Å². The van der Waals surface area contributed by atoms with Gasteiger partial charge < -0.3 is 9.88 Å². The summed E-state index contributed by atoms with van der Waals surface area (Å²) in [4.78, 5) is 16.0. The second kappa shape index (κ2) is 7.10. The van der Waals surface area contributed by atoms with Crippen molar-refractivity contribution in [2.24, 2.45) is 0 Å². The normalized spacial score (nSPS) is 12.8. The molecule has 1 N–H and O–H groups in total. The Labute approximate surface area is 157 Å². The summed E-state index contributed by atoms with van der Waals surface area (Å²) in [6.07, 6.45) is -2.35. The van der Waals surface area contributed by atoms with Crippen LogP contribution in [0.3, 0.4) is 0 Å². The number of carbonyl (C=O) groups excluding carboxylic acids is 1. The van der Waals surface area contributed by atoms with Crippen LogP contribution in [-0.4, -0.2) is 25.2 Å². The van der Waals surface area contributed by atoms with Gasteiger partial charge in [0, 0.05) is 6.20 Å². The molecule has 1 atom stereocenters. The van der Waals surface area contributed by atoms with Crippen molar-refractivity contribution in [3.8, 4) is 5.69 Å². The summed E-state index contributed by atoms with van der Waals surface area (Å²) in [7, 11) is 0. The fourth-order valence-electron chi connectivity index (χ4n) is 2.75. The zero-order valence-electron chi connectivity index (χ0n) is 15.3. The lowest BCUT2D eigenvalue weighted by Gasteiger charge is -2.15. The average Bonchev–Trinajstić information content (AvgIpc) is 3.18. The van der Waals surface area contributed by atoms with Crippen LogP contribution < -0.4 is 5.32 Å². The number of nitrogens with one attached hydrogen (secondary N) is 1. The SMILES string of the molecule is Cc1nc(C(F)(F)F)cn1C(C)C(=O)Nc1cnn(-c2ccc(F)cc2)c1C. The Kier molecular flexibility index (Phi) is 4.97. The van der Waals surface area contributed by atoms with E-state index >= 15 is 0 Å². The van der Waals surface area contributed by atoms with Crippen LogP contribution in [0.1, 0.15) is 30.2 Å². The molecule has 0 spiro atoms. The van der Waals surface area contributed by atoms with Crippen LogP contribution in [0.4, 0.5) is 23.2 Å². The Bertz CT molecular complexity index is 1000. The summed E-state index contributed by atoms with van der Waals surface area (Å²) in [5.74, 6) is -0.825. The molecule has 0 aliphatic carbocycles. The quantitative estimate of drug-likeness (QED) is 0.678. The first-order chi connectivity index (χ1) is 13.1. The van der Waals surface area contributed by atoms with Gasteiger partial charge in [-0.1, -0.05) is 0 Å². The van der Waals surface area contributed by atoms with Gasteiger partial charge in [-0.3, -0.25) is 4.79 Å². The number of hydrogen-bond donors (Lipinski definition) is 1. The monoisotopic (exact) mass is 395 g/mol. The van der Waals surface area contributed by atoms with Crippen molar-refractivity contribution in [3.63, 3.8) is 0 Å². The van der Waals surface area contributed by atoms with Gasteiger partial charge in [0.1, 0.15) is 17.7 Å². The molecule has 0 bridgehead atoms. The van der Waals surface area contributed by atoms with Crippen molar-refractivity contribution < 1.29 is 22.4 Å². The smallest absolute Gasteiger partial charge is 0.322 e. The number of rotatable bonds is 4. The first kappa shape index (κ1) is 19.6. The van der Waals surface area contributed by atoms with Crippen LogP contribution >= 0.6 is 0 Å². The van der Waals surface area contributed by atoms with Gasteiger partial charge in [0.25, 0.3) is 0 Å². The van der Waals surface area contributed by atoms with Crippen LogP contribution in [0.15, 0.2) is 36.7 Å². The van der Waals surface area contributed by atoms with Crippen molar-refractivity contribution in [1.29, 1.82) is 0 Å². The number of hydrogen-bond acceptors (Lipinski definition) is 3. The van der Waals surface area contributed by atoms with Crippen molar-refractivity contribution >= 4 is 11.6 Å². The maximum Gasteiger partial charge on any atom is 0.434 e. The van der Waals surface area contributed by atoms with Crippen LogP contribution in [0.25, 0.3) is 5.69 Å². The molecule has 6 nitrogen and oxygen atoms in total. The van der Waals surface area contributed by atoms with Gasteiger partial charge in [0.2, 0.25) is 5.91 Å². The minimum Gasteiger partial charge on any atom is -0.322 e. The number of benzene rings is 1. The highest BCUT2D eigenvalue weighted by Crippen LogP contribution is 2.29. The van der Waals surface area contributed by atoms with Gasteiger partial charge in [-0.25, -0.2) is 14.1 Å². The van der Waals surface area contributed by atoms with E-state index < -0.39 is 23.8 Å². The predicted octanol–water partition coefficient (Wildman–Crippen LogP) is 4.04. The molecule has 2 heterocycles. The van der Waals surface area contributed by atoms with E-state index in [1.807, 2.05) is 0 Å². The summed E-state index contributed by atoms with van der Waals surface area (Å²) in [6.45, 7) is 4.58. The molecular formula is C18H17F4N5O. The Morgan fingerprint density at radius 3 is 2.39 bits per heavy atom. The number of imidazole rings is 1. The highest BCUT2D eigenvalue weighted by atomic mass is 19.4. The molecule has 1 unspecified atom stereocenters. The molecule has 28 heavy (non-hydrogen) atoms. The van der Waals surface area contributed by atoms with Gasteiger partial charge in [-0.2, -0.15) is 18.3 Å².